The molecule has 1 saturated heterocycles. The maximum atomic E-state index is 14.4. The number of sulfonamides is 1. The van der Waals surface area contributed by atoms with Gasteiger partial charge in [-0.2, -0.15) is 0 Å². The van der Waals surface area contributed by atoms with Crippen molar-refractivity contribution >= 4 is 15.9 Å². The van der Waals surface area contributed by atoms with Crippen molar-refractivity contribution < 1.29 is 27.4 Å². The number of rotatable bonds is 10. The first kappa shape index (κ1) is 27.7. The molecule has 1 N–H and O–H groups in total. The first-order chi connectivity index (χ1) is 17.7. The molecule has 2 aromatic rings. The number of hydrogen-bond donors (Lipinski definition) is 1. The number of nitrogens with zero attached hydrogens (tertiary/aromatic N) is 2. The Bertz CT molecular complexity index is 1180. The number of benzene rings is 2. The summed E-state index contributed by atoms with van der Waals surface area (Å²) in [7, 11) is -3.94. The summed E-state index contributed by atoms with van der Waals surface area (Å²) in [6, 6.07) is 14.0. The number of aliphatic hydroxyl groups is 1. The molecule has 2 heterocycles. The van der Waals surface area contributed by atoms with E-state index in [1.54, 1.807) is 32.0 Å². The molecule has 0 aliphatic carbocycles. The van der Waals surface area contributed by atoms with E-state index in [2.05, 4.69) is 9.30 Å². The van der Waals surface area contributed by atoms with Gasteiger partial charge in [0.05, 0.1) is 13.2 Å². The third kappa shape index (κ3) is 6.96. The van der Waals surface area contributed by atoms with Gasteiger partial charge in [0.2, 0.25) is 5.90 Å². The Balaban J connectivity index is 1.47. The molecule has 0 saturated carbocycles. The fourth-order valence-electron chi connectivity index (χ4n) is 5.31. The van der Waals surface area contributed by atoms with Crippen molar-refractivity contribution in [3.05, 3.63) is 71.0 Å². The predicted molar refractivity (Wildman–Crippen MR) is 142 cm³/mol. The van der Waals surface area contributed by atoms with Crippen LogP contribution in [0.1, 0.15) is 61.0 Å². The average molecular weight is 533 g/mol. The van der Waals surface area contributed by atoms with Gasteiger partial charge in [-0.15, -0.1) is 4.40 Å². The highest BCUT2D eigenvalue weighted by atomic mass is 32.2. The second-order valence-corrected chi connectivity index (χ2v) is 12.0. The van der Waals surface area contributed by atoms with Gasteiger partial charge in [0.25, 0.3) is 10.0 Å². The number of ether oxygens (including phenoxy) is 2. The Morgan fingerprint density at radius 3 is 2.49 bits per heavy atom. The standard InChI is InChI=1S/C28H37FN2O5S/c1-28(2)27(22-11-9-21(10-12-22)6-5-14-31-15-18-35-19-16-31)37(33,34)30-26(36-28)20-23(13-17-32)24-7-3-4-8-25(24)29/h3-4,7-12,23,27,32H,5-6,13-20H2,1-2H3/t23-,27?/m1/s1. The Kier molecular flexibility index (Phi) is 9.00. The number of morpholine rings is 1. The van der Waals surface area contributed by atoms with Crippen molar-refractivity contribution in [2.24, 2.45) is 4.40 Å². The van der Waals surface area contributed by atoms with E-state index in [1.165, 1.54) is 6.07 Å². The van der Waals surface area contributed by atoms with Crippen molar-refractivity contribution in [2.75, 3.05) is 39.5 Å². The Morgan fingerprint density at radius 1 is 1.14 bits per heavy atom. The van der Waals surface area contributed by atoms with Crippen LogP contribution in [0.5, 0.6) is 0 Å². The van der Waals surface area contributed by atoms with E-state index in [-0.39, 0.29) is 25.3 Å². The summed E-state index contributed by atoms with van der Waals surface area (Å²) in [5, 5.41) is 8.57. The summed E-state index contributed by atoms with van der Waals surface area (Å²) in [5.74, 6) is -0.811. The number of hydrogen-bond acceptors (Lipinski definition) is 6. The molecule has 1 unspecified atom stereocenters. The Morgan fingerprint density at radius 2 is 1.84 bits per heavy atom. The van der Waals surface area contributed by atoms with Gasteiger partial charge in [-0.05, 0) is 68.3 Å². The van der Waals surface area contributed by atoms with Crippen LogP contribution in [0.25, 0.3) is 0 Å². The van der Waals surface area contributed by atoms with Crippen LogP contribution in [0.15, 0.2) is 52.9 Å². The fraction of sp³-hybridized carbons (Fsp3) is 0.536. The molecule has 1 fully saturated rings. The van der Waals surface area contributed by atoms with Crippen LogP contribution < -0.4 is 0 Å². The van der Waals surface area contributed by atoms with Crippen LogP contribution in [-0.4, -0.2) is 69.4 Å². The number of halogens is 1. The average Bonchev–Trinajstić information content (AvgIpc) is 2.84. The zero-order chi connectivity index (χ0) is 26.5. The highest BCUT2D eigenvalue weighted by Crippen LogP contribution is 2.42. The summed E-state index contributed by atoms with van der Waals surface area (Å²) in [5.41, 5.74) is 1.12. The minimum atomic E-state index is -3.94. The van der Waals surface area contributed by atoms with Gasteiger partial charge >= 0.3 is 0 Å². The monoisotopic (exact) mass is 532 g/mol. The second-order valence-electron chi connectivity index (χ2n) is 10.3. The van der Waals surface area contributed by atoms with Gasteiger partial charge in [0.15, 0.2) is 0 Å². The molecule has 2 aliphatic rings. The maximum absolute atomic E-state index is 14.4. The van der Waals surface area contributed by atoms with Crippen LogP contribution in [0.2, 0.25) is 0 Å². The summed E-state index contributed by atoms with van der Waals surface area (Å²) < 4.78 is 56.7. The summed E-state index contributed by atoms with van der Waals surface area (Å²) >= 11 is 0. The van der Waals surface area contributed by atoms with E-state index in [1.807, 2.05) is 24.3 Å². The SMILES string of the molecule is CC1(C)OC(C[C@@H](CCO)c2ccccc2F)=NS(=O)(=O)C1c1ccc(CCCN2CCOCC2)cc1. The molecule has 7 nitrogen and oxygen atoms in total. The topological polar surface area (TPSA) is 88.4 Å². The van der Waals surface area contributed by atoms with Crippen molar-refractivity contribution in [1.29, 1.82) is 0 Å². The molecule has 9 heteroatoms. The largest absolute Gasteiger partial charge is 0.472 e. The van der Waals surface area contributed by atoms with Gasteiger partial charge in [-0.25, -0.2) is 12.8 Å². The highest BCUT2D eigenvalue weighted by Gasteiger charge is 2.47. The van der Waals surface area contributed by atoms with E-state index in [4.69, 9.17) is 9.47 Å². The molecule has 202 valence electrons. The van der Waals surface area contributed by atoms with E-state index < -0.39 is 32.6 Å². The van der Waals surface area contributed by atoms with Gasteiger partial charge in [-0.1, -0.05) is 42.5 Å². The molecular weight excluding hydrogens is 495 g/mol. The molecule has 2 atom stereocenters. The van der Waals surface area contributed by atoms with E-state index in [0.717, 1.165) is 51.3 Å². The first-order valence-electron chi connectivity index (χ1n) is 13.0. The lowest BCUT2D eigenvalue weighted by Gasteiger charge is -2.38. The molecule has 37 heavy (non-hydrogen) atoms. The minimum Gasteiger partial charge on any atom is -0.472 e. The third-order valence-corrected chi connectivity index (χ3v) is 9.00. The first-order valence-corrected chi connectivity index (χ1v) is 14.5. The van der Waals surface area contributed by atoms with Gasteiger partial charge in [0.1, 0.15) is 16.7 Å². The highest BCUT2D eigenvalue weighted by molar-refractivity contribution is 7.90. The summed E-state index contributed by atoms with van der Waals surface area (Å²) in [6.45, 7) is 7.85. The van der Waals surface area contributed by atoms with Crippen molar-refractivity contribution in [3.63, 3.8) is 0 Å². The van der Waals surface area contributed by atoms with Crippen LogP contribution in [0, 0.1) is 5.82 Å². The molecule has 4 rings (SSSR count). The molecule has 0 radical (unpaired) electrons. The Hall–Kier alpha value is -2.33. The van der Waals surface area contributed by atoms with Crippen molar-refractivity contribution in [3.8, 4) is 0 Å². The van der Waals surface area contributed by atoms with Crippen LogP contribution in [-0.2, 0) is 25.9 Å². The zero-order valence-corrected chi connectivity index (χ0v) is 22.4. The second kappa shape index (κ2) is 12.0. The number of aliphatic hydroxyl groups excluding tert-OH is 1. The minimum absolute atomic E-state index is 0.0442. The quantitative estimate of drug-likeness (QED) is 0.493. The lowest BCUT2D eigenvalue weighted by molar-refractivity contribution is 0.0374. The van der Waals surface area contributed by atoms with E-state index in [0.29, 0.717) is 11.1 Å². The van der Waals surface area contributed by atoms with E-state index in [9.17, 15) is 17.9 Å². The van der Waals surface area contributed by atoms with Gasteiger partial charge < -0.3 is 14.6 Å². The molecular formula is C28H37FN2O5S. The van der Waals surface area contributed by atoms with Crippen LogP contribution in [0.3, 0.4) is 0 Å². The van der Waals surface area contributed by atoms with Crippen LogP contribution in [0.4, 0.5) is 4.39 Å². The Labute approximate surface area is 219 Å². The smallest absolute Gasteiger partial charge is 0.267 e. The molecule has 0 amide bonds. The van der Waals surface area contributed by atoms with Gasteiger partial charge in [-0.3, -0.25) is 4.90 Å². The zero-order valence-electron chi connectivity index (χ0n) is 21.6. The molecule has 2 aromatic carbocycles. The van der Waals surface area contributed by atoms with E-state index >= 15 is 0 Å². The lowest BCUT2D eigenvalue weighted by Crippen LogP contribution is -2.43. The summed E-state index contributed by atoms with van der Waals surface area (Å²) in [4.78, 5) is 2.40. The van der Waals surface area contributed by atoms with Gasteiger partial charge in [0, 0.05) is 26.1 Å². The predicted octanol–water partition coefficient (Wildman–Crippen LogP) is 4.23. The fourth-order valence-corrected chi connectivity index (χ4v) is 7.08. The van der Waals surface area contributed by atoms with Crippen LogP contribution >= 0.6 is 0 Å². The summed E-state index contributed by atoms with van der Waals surface area (Å²) in [6.07, 6.45) is 2.29. The third-order valence-electron chi connectivity index (χ3n) is 7.11. The van der Waals surface area contributed by atoms with Crippen molar-refractivity contribution in [2.45, 2.75) is 56.3 Å². The molecule has 0 spiro atoms. The maximum Gasteiger partial charge on any atom is 0.267 e. The lowest BCUT2D eigenvalue weighted by atomic mass is 9.91. The molecule has 2 aliphatic heterocycles. The van der Waals surface area contributed by atoms with Crippen molar-refractivity contribution in [1.82, 2.24) is 4.90 Å². The number of aryl methyl sites for hydroxylation is 1. The molecule has 0 aromatic heterocycles. The normalized spacial score (nSPS) is 22.2. The molecule has 0 bridgehead atoms.